The zero-order chi connectivity index (χ0) is 12.0. The van der Waals surface area contributed by atoms with Crippen molar-refractivity contribution in [3.8, 4) is 0 Å². The average Bonchev–Trinajstić information content (AvgIpc) is 2.73. The highest BCUT2D eigenvalue weighted by Gasteiger charge is 2.07. The van der Waals surface area contributed by atoms with E-state index < -0.39 is 5.91 Å². The zero-order valence-electron chi connectivity index (χ0n) is 9.53. The van der Waals surface area contributed by atoms with Crippen molar-refractivity contribution in [2.75, 3.05) is 0 Å². The number of carbonyl (C=O) groups excluding carboxylic acids is 1. The Hall–Kier alpha value is -1.91. The van der Waals surface area contributed by atoms with Crippen LogP contribution < -0.4 is 5.73 Å². The summed E-state index contributed by atoms with van der Waals surface area (Å²) in [6, 6.07) is 0. The van der Waals surface area contributed by atoms with Crippen LogP contribution in [0, 0.1) is 0 Å². The summed E-state index contributed by atoms with van der Waals surface area (Å²) in [7, 11) is 0. The van der Waals surface area contributed by atoms with Gasteiger partial charge in [-0.3, -0.25) is 4.79 Å². The summed E-state index contributed by atoms with van der Waals surface area (Å²) in [6.07, 6.45) is 7.65. The van der Waals surface area contributed by atoms with E-state index in [0.717, 1.165) is 6.42 Å². The molecule has 0 aliphatic heterocycles. The summed E-state index contributed by atoms with van der Waals surface area (Å²) < 4.78 is 0. The number of rotatable bonds is 5. The molecule has 0 fully saturated rings. The van der Waals surface area contributed by atoms with Crippen molar-refractivity contribution in [2.45, 2.75) is 26.7 Å². The number of hydrogen-bond acceptors (Lipinski definition) is 3. The van der Waals surface area contributed by atoms with Crippen molar-refractivity contribution in [2.24, 2.45) is 5.73 Å². The van der Waals surface area contributed by atoms with Crippen molar-refractivity contribution in [3.63, 3.8) is 0 Å². The van der Waals surface area contributed by atoms with Crippen molar-refractivity contribution >= 4 is 5.91 Å². The molecule has 5 nitrogen and oxygen atoms in total. The van der Waals surface area contributed by atoms with Gasteiger partial charge in [-0.25, -0.2) is 0 Å². The molecule has 0 saturated carbocycles. The maximum Gasteiger partial charge on any atom is 0.286 e. The molecule has 16 heavy (non-hydrogen) atoms. The van der Waals surface area contributed by atoms with Crippen LogP contribution in [0.3, 0.4) is 0 Å². The highest BCUT2D eigenvalue weighted by atomic mass is 16.1. The molecule has 86 valence electrons. The summed E-state index contributed by atoms with van der Waals surface area (Å²) in [4.78, 5) is 13.6. The number of aryl methyl sites for hydroxylation is 1. The summed E-state index contributed by atoms with van der Waals surface area (Å²) in [5.41, 5.74) is 6.28. The minimum atomic E-state index is -0.585. The fourth-order valence-corrected chi connectivity index (χ4v) is 1.32. The van der Waals surface area contributed by atoms with Crippen LogP contribution in [0.2, 0.25) is 0 Å². The Morgan fingerprint density at radius 1 is 1.44 bits per heavy atom. The van der Waals surface area contributed by atoms with Crippen molar-refractivity contribution in [3.05, 3.63) is 35.4 Å². The van der Waals surface area contributed by atoms with Crippen molar-refractivity contribution < 1.29 is 4.79 Å². The summed E-state index contributed by atoms with van der Waals surface area (Å²) in [5.74, 6) is 0.208. The summed E-state index contributed by atoms with van der Waals surface area (Å²) in [6.45, 7) is 3.97. The van der Waals surface area contributed by atoms with Crippen LogP contribution in [-0.4, -0.2) is 21.1 Å². The molecule has 0 spiro atoms. The first-order valence-electron chi connectivity index (χ1n) is 5.16. The number of nitrogens with zero attached hydrogens (tertiary/aromatic N) is 2. The minimum Gasteiger partial charge on any atom is -0.363 e. The standard InChI is InChI=1S/C11H16N4O/c1-3-5-8(4-2)6-7-9-13-11(10(12)16)15-14-9/h3-5H,6-7H2,1-2H3,(H2,12,16)(H,13,14,15)/b5-3-,8-4+. The van der Waals surface area contributed by atoms with Crippen molar-refractivity contribution in [1.29, 1.82) is 0 Å². The van der Waals surface area contributed by atoms with Gasteiger partial charge in [0.15, 0.2) is 0 Å². The Kier molecular flexibility index (Phi) is 4.44. The van der Waals surface area contributed by atoms with Gasteiger partial charge in [0.05, 0.1) is 0 Å². The molecule has 0 radical (unpaired) electrons. The van der Waals surface area contributed by atoms with Gasteiger partial charge < -0.3 is 10.7 Å². The maximum absolute atomic E-state index is 10.8. The van der Waals surface area contributed by atoms with Crippen LogP contribution in [0.15, 0.2) is 23.8 Å². The number of primary amides is 1. The quantitative estimate of drug-likeness (QED) is 0.735. The second-order valence-electron chi connectivity index (χ2n) is 3.35. The molecule has 0 aliphatic carbocycles. The van der Waals surface area contributed by atoms with Gasteiger partial charge in [-0.2, -0.15) is 0 Å². The third kappa shape index (κ3) is 3.34. The highest BCUT2D eigenvalue weighted by molar-refractivity contribution is 5.88. The lowest BCUT2D eigenvalue weighted by molar-refractivity contribution is 0.0991. The number of allylic oxidation sites excluding steroid dienone is 4. The Labute approximate surface area is 94.5 Å². The zero-order valence-corrected chi connectivity index (χ0v) is 9.53. The highest BCUT2D eigenvalue weighted by Crippen LogP contribution is 2.07. The van der Waals surface area contributed by atoms with E-state index in [9.17, 15) is 4.79 Å². The van der Waals surface area contributed by atoms with Gasteiger partial charge in [-0.1, -0.05) is 23.8 Å². The Morgan fingerprint density at radius 3 is 2.69 bits per heavy atom. The molecule has 0 unspecified atom stereocenters. The van der Waals surface area contributed by atoms with Crippen LogP contribution in [-0.2, 0) is 6.42 Å². The minimum absolute atomic E-state index is 0.114. The largest absolute Gasteiger partial charge is 0.363 e. The number of hydrogen-bond donors (Lipinski definition) is 2. The van der Waals surface area contributed by atoms with Crippen LogP contribution in [0.1, 0.15) is 36.7 Å². The van der Waals surface area contributed by atoms with E-state index in [-0.39, 0.29) is 5.82 Å². The van der Waals surface area contributed by atoms with Crippen LogP contribution in [0.25, 0.3) is 0 Å². The van der Waals surface area contributed by atoms with E-state index in [1.807, 2.05) is 32.1 Å². The number of nitrogens with two attached hydrogens (primary N) is 1. The molecule has 0 atom stereocenters. The van der Waals surface area contributed by atoms with Crippen LogP contribution >= 0.6 is 0 Å². The van der Waals surface area contributed by atoms with Crippen LogP contribution in [0.4, 0.5) is 0 Å². The topological polar surface area (TPSA) is 84.7 Å². The Morgan fingerprint density at radius 2 is 2.19 bits per heavy atom. The number of amides is 1. The summed E-state index contributed by atoms with van der Waals surface area (Å²) >= 11 is 0. The number of nitrogens with one attached hydrogen (secondary N) is 1. The predicted octanol–water partition coefficient (Wildman–Crippen LogP) is 1.36. The lowest BCUT2D eigenvalue weighted by atomic mass is 10.1. The smallest absolute Gasteiger partial charge is 0.286 e. The fourth-order valence-electron chi connectivity index (χ4n) is 1.32. The molecule has 0 aromatic carbocycles. The van der Waals surface area contributed by atoms with E-state index in [2.05, 4.69) is 15.2 Å². The molecule has 1 aromatic heterocycles. The number of aromatic nitrogens is 3. The molecule has 0 bridgehead atoms. The number of aromatic amines is 1. The van der Waals surface area contributed by atoms with E-state index in [1.165, 1.54) is 5.57 Å². The lowest BCUT2D eigenvalue weighted by Crippen LogP contribution is -2.12. The van der Waals surface area contributed by atoms with E-state index in [4.69, 9.17) is 5.73 Å². The van der Waals surface area contributed by atoms with Gasteiger partial charge in [0.1, 0.15) is 5.82 Å². The van der Waals surface area contributed by atoms with E-state index in [0.29, 0.717) is 12.2 Å². The molecule has 1 heterocycles. The first-order valence-corrected chi connectivity index (χ1v) is 5.16. The third-order valence-corrected chi connectivity index (χ3v) is 2.17. The van der Waals surface area contributed by atoms with E-state index in [1.54, 1.807) is 0 Å². The molecule has 1 amide bonds. The first kappa shape index (κ1) is 12.2. The normalized spacial score (nSPS) is 12.2. The molecule has 5 heteroatoms. The average molecular weight is 220 g/mol. The molecular weight excluding hydrogens is 204 g/mol. The second-order valence-corrected chi connectivity index (χ2v) is 3.35. The summed E-state index contributed by atoms with van der Waals surface area (Å²) in [5, 5.41) is 7.49. The van der Waals surface area contributed by atoms with Gasteiger partial charge in [0.2, 0.25) is 5.82 Å². The maximum atomic E-state index is 10.8. The second kappa shape index (κ2) is 5.85. The van der Waals surface area contributed by atoms with Crippen molar-refractivity contribution in [1.82, 2.24) is 15.2 Å². The first-order chi connectivity index (χ1) is 7.67. The van der Waals surface area contributed by atoms with Gasteiger partial charge >= 0.3 is 0 Å². The fraction of sp³-hybridized carbons (Fsp3) is 0.364. The van der Waals surface area contributed by atoms with Gasteiger partial charge in [0, 0.05) is 6.42 Å². The molecule has 0 saturated heterocycles. The Bertz CT molecular complexity index is 417. The van der Waals surface area contributed by atoms with Gasteiger partial charge in [-0.05, 0) is 20.3 Å². The monoisotopic (exact) mass is 220 g/mol. The Balaban J connectivity index is 2.57. The SMILES string of the molecule is C/C=C\C(=C/C)CCc1nnc(C(N)=O)[nH]1. The molecule has 0 aliphatic rings. The predicted molar refractivity (Wildman–Crippen MR) is 61.8 cm³/mol. The lowest BCUT2D eigenvalue weighted by Gasteiger charge is -1.98. The number of H-pyrrole nitrogens is 1. The van der Waals surface area contributed by atoms with Gasteiger partial charge in [-0.15, -0.1) is 10.2 Å². The van der Waals surface area contributed by atoms with Gasteiger partial charge in [0.25, 0.3) is 5.91 Å². The van der Waals surface area contributed by atoms with Crippen LogP contribution in [0.5, 0.6) is 0 Å². The molecule has 3 N–H and O–H groups in total. The molecular formula is C11H16N4O. The third-order valence-electron chi connectivity index (χ3n) is 2.17. The molecule has 1 rings (SSSR count). The molecule has 1 aromatic rings. The number of carbonyl (C=O) groups is 1. The van der Waals surface area contributed by atoms with E-state index >= 15 is 0 Å².